The summed E-state index contributed by atoms with van der Waals surface area (Å²) in [7, 11) is 0. The first kappa shape index (κ1) is 17.3. The molecule has 24 heavy (non-hydrogen) atoms. The fourth-order valence-corrected chi connectivity index (χ4v) is 3.86. The molecule has 1 atom stereocenters. The number of rotatable bonds is 7. The molecule has 2 saturated heterocycles. The van der Waals surface area contributed by atoms with Gasteiger partial charge >= 0.3 is 0 Å². The van der Waals surface area contributed by atoms with Gasteiger partial charge in [0.1, 0.15) is 0 Å². The molecule has 3 rings (SSSR count). The van der Waals surface area contributed by atoms with E-state index in [1.54, 1.807) is 0 Å². The van der Waals surface area contributed by atoms with E-state index in [0.29, 0.717) is 6.04 Å². The Kier molecular flexibility index (Phi) is 6.13. The first-order valence-electron chi connectivity index (χ1n) is 9.65. The lowest BCUT2D eigenvalue weighted by atomic mass is 10.1. The molecule has 2 fully saturated rings. The van der Waals surface area contributed by atoms with Gasteiger partial charge in [-0.1, -0.05) is 13.3 Å². The van der Waals surface area contributed by atoms with Crippen LogP contribution in [0.25, 0.3) is 0 Å². The molecule has 1 aromatic carbocycles. The molecule has 2 aliphatic heterocycles. The van der Waals surface area contributed by atoms with Crippen LogP contribution in [0, 0.1) is 0 Å². The molecule has 4 heteroatoms. The second-order valence-electron chi connectivity index (χ2n) is 7.16. The number of unbranched alkanes of at least 4 members (excludes halogenated alkanes) is 1. The normalized spacial score (nSPS) is 21.4. The summed E-state index contributed by atoms with van der Waals surface area (Å²) in [6, 6.07) is 8.42. The molecule has 0 unspecified atom stereocenters. The van der Waals surface area contributed by atoms with Gasteiger partial charge in [-0.2, -0.15) is 0 Å². The monoisotopic (exact) mass is 329 g/mol. The minimum atomic E-state index is 0.205. The van der Waals surface area contributed by atoms with Crippen LogP contribution in [0.3, 0.4) is 0 Å². The van der Waals surface area contributed by atoms with Crippen LogP contribution >= 0.6 is 0 Å². The number of nitrogens with zero attached hydrogens (tertiary/aromatic N) is 2. The van der Waals surface area contributed by atoms with Crippen molar-refractivity contribution < 1.29 is 4.79 Å². The van der Waals surface area contributed by atoms with Gasteiger partial charge in [-0.05, 0) is 69.5 Å². The van der Waals surface area contributed by atoms with Crippen molar-refractivity contribution in [2.75, 3.05) is 38.0 Å². The van der Waals surface area contributed by atoms with Gasteiger partial charge in [0.05, 0.1) is 0 Å². The Morgan fingerprint density at radius 2 is 1.88 bits per heavy atom. The van der Waals surface area contributed by atoms with Crippen LogP contribution in [0.2, 0.25) is 0 Å². The lowest BCUT2D eigenvalue weighted by Crippen LogP contribution is -2.42. The van der Waals surface area contributed by atoms with E-state index in [4.69, 9.17) is 0 Å². The molecule has 2 aliphatic rings. The van der Waals surface area contributed by atoms with E-state index in [1.807, 2.05) is 24.3 Å². The molecule has 1 aromatic rings. The number of carbonyl (C=O) groups is 1. The fourth-order valence-electron chi connectivity index (χ4n) is 3.86. The van der Waals surface area contributed by atoms with Crippen molar-refractivity contribution in [2.45, 2.75) is 51.5 Å². The Morgan fingerprint density at radius 3 is 2.58 bits per heavy atom. The molecule has 4 nitrogen and oxygen atoms in total. The molecule has 0 saturated carbocycles. The van der Waals surface area contributed by atoms with E-state index in [0.717, 1.165) is 43.7 Å². The summed E-state index contributed by atoms with van der Waals surface area (Å²) in [6.45, 7) is 7.56. The number of hydrogen-bond acceptors (Lipinski definition) is 3. The van der Waals surface area contributed by atoms with Gasteiger partial charge in [-0.15, -0.1) is 0 Å². The summed E-state index contributed by atoms with van der Waals surface area (Å²) in [6.07, 6.45) is 7.28. The van der Waals surface area contributed by atoms with Crippen LogP contribution in [0.1, 0.15) is 55.8 Å². The zero-order valence-corrected chi connectivity index (χ0v) is 15.0. The van der Waals surface area contributed by atoms with E-state index in [1.165, 1.54) is 38.8 Å². The molecule has 0 spiro atoms. The predicted molar refractivity (Wildman–Crippen MR) is 99.6 cm³/mol. The van der Waals surface area contributed by atoms with Crippen molar-refractivity contribution in [2.24, 2.45) is 0 Å². The van der Waals surface area contributed by atoms with Crippen LogP contribution in [0.4, 0.5) is 5.69 Å². The van der Waals surface area contributed by atoms with Crippen LogP contribution in [0.15, 0.2) is 24.3 Å². The molecule has 1 amide bonds. The van der Waals surface area contributed by atoms with Crippen LogP contribution in [-0.4, -0.2) is 54.5 Å². The van der Waals surface area contributed by atoms with Crippen molar-refractivity contribution in [3.05, 3.63) is 29.8 Å². The van der Waals surface area contributed by atoms with Gasteiger partial charge in [-0.3, -0.25) is 4.79 Å². The zero-order chi connectivity index (χ0) is 16.8. The highest BCUT2D eigenvalue weighted by molar-refractivity contribution is 5.95. The van der Waals surface area contributed by atoms with Gasteiger partial charge in [0, 0.05) is 36.9 Å². The smallest absolute Gasteiger partial charge is 0.254 e. The summed E-state index contributed by atoms with van der Waals surface area (Å²) in [5, 5.41) is 3.41. The van der Waals surface area contributed by atoms with E-state index < -0.39 is 0 Å². The SMILES string of the molecule is CCCCNc1ccc(C(=O)N2CCC[C@H]2CN2CCCC2)cc1. The lowest BCUT2D eigenvalue weighted by Gasteiger charge is -2.28. The number of likely N-dealkylation sites (tertiary alicyclic amines) is 2. The van der Waals surface area contributed by atoms with Gasteiger partial charge < -0.3 is 15.1 Å². The van der Waals surface area contributed by atoms with Crippen molar-refractivity contribution in [3.63, 3.8) is 0 Å². The topological polar surface area (TPSA) is 35.6 Å². The summed E-state index contributed by atoms with van der Waals surface area (Å²) in [5.41, 5.74) is 1.93. The third-order valence-corrected chi connectivity index (χ3v) is 5.30. The average molecular weight is 329 g/mol. The summed E-state index contributed by atoms with van der Waals surface area (Å²) >= 11 is 0. The van der Waals surface area contributed by atoms with Gasteiger partial charge in [0.2, 0.25) is 0 Å². The first-order chi connectivity index (χ1) is 11.8. The van der Waals surface area contributed by atoms with E-state index in [9.17, 15) is 4.79 Å². The molecule has 1 N–H and O–H groups in total. The summed E-state index contributed by atoms with van der Waals surface area (Å²) in [5.74, 6) is 0.205. The van der Waals surface area contributed by atoms with E-state index >= 15 is 0 Å². The quantitative estimate of drug-likeness (QED) is 0.776. The fraction of sp³-hybridized carbons (Fsp3) is 0.650. The van der Waals surface area contributed by atoms with Crippen LogP contribution in [0.5, 0.6) is 0 Å². The number of amides is 1. The molecular formula is C20H31N3O. The third kappa shape index (κ3) is 4.29. The highest BCUT2D eigenvalue weighted by Gasteiger charge is 2.31. The number of carbonyl (C=O) groups excluding carboxylic acids is 1. The minimum Gasteiger partial charge on any atom is -0.385 e. The van der Waals surface area contributed by atoms with E-state index in [2.05, 4.69) is 22.0 Å². The zero-order valence-electron chi connectivity index (χ0n) is 15.0. The Morgan fingerprint density at radius 1 is 1.12 bits per heavy atom. The first-order valence-corrected chi connectivity index (χ1v) is 9.65. The Bertz CT molecular complexity index is 522. The highest BCUT2D eigenvalue weighted by atomic mass is 16.2. The number of hydrogen-bond donors (Lipinski definition) is 1. The molecule has 0 radical (unpaired) electrons. The van der Waals surface area contributed by atoms with Gasteiger partial charge in [0.15, 0.2) is 0 Å². The second kappa shape index (κ2) is 8.52. The third-order valence-electron chi connectivity index (χ3n) is 5.30. The average Bonchev–Trinajstić information content (AvgIpc) is 3.27. The minimum absolute atomic E-state index is 0.205. The highest BCUT2D eigenvalue weighted by Crippen LogP contribution is 2.23. The van der Waals surface area contributed by atoms with Crippen molar-refractivity contribution in [1.29, 1.82) is 0 Å². The maximum absolute atomic E-state index is 12.9. The maximum Gasteiger partial charge on any atom is 0.254 e. The Hall–Kier alpha value is -1.55. The molecule has 0 bridgehead atoms. The predicted octanol–water partition coefficient (Wildman–Crippen LogP) is 3.60. The van der Waals surface area contributed by atoms with Crippen molar-refractivity contribution in [3.8, 4) is 0 Å². The lowest BCUT2D eigenvalue weighted by molar-refractivity contribution is 0.0709. The van der Waals surface area contributed by atoms with Crippen LogP contribution in [-0.2, 0) is 0 Å². The molecule has 0 aromatic heterocycles. The molecular weight excluding hydrogens is 298 g/mol. The number of anilines is 1. The molecule has 132 valence electrons. The van der Waals surface area contributed by atoms with Crippen molar-refractivity contribution >= 4 is 11.6 Å². The van der Waals surface area contributed by atoms with Crippen LogP contribution < -0.4 is 5.32 Å². The van der Waals surface area contributed by atoms with E-state index in [-0.39, 0.29) is 5.91 Å². The second-order valence-corrected chi connectivity index (χ2v) is 7.16. The summed E-state index contributed by atoms with van der Waals surface area (Å²) < 4.78 is 0. The van der Waals surface area contributed by atoms with Crippen molar-refractivity contribution in [1.82, 2.24) is 9.80 Å². The Labute approximate surface area is 146 Å². The van der Waals surface area contributed by atoms with Gasteiger partial charge in [0.25, 0.3) is 5.91 Å². The standard InChI is InChI=1S/C20H31N3O/c1-2-3-12-21-18-10-8-17(9-11-18)20(24)23-15-6-7-19(23)16-22-13-4-5-14-22/h8-11,19,21H,2-7,12-16H2,1H3/t19-/m0/s1. The molecule has 0 aliphatic carbocycles. The Balaban J connectivity index is 1.57. The number of benzene rings is 1. The van der Waals surface area contributed by atoms with Gasteiger partial charge in [-0.25, -0.2) is 0 Å². The summed E-state index contributed by atoms with van der Waals surface area (Å²) in [4.78, 5) is 17.5. The maximum atomic E-state index is 12.9. The number of nitrogens with one attached hydrogen (secondary N) is 1. The molecule has 2 heterocycles. The largest absolute Gasteiger partial charge is 0.385 e.